The summed E-state index contributed by atoms with van der Waals surface area (Å²) in [5.41, 5.74) is 2.10. The van der Waals surface area contributed by atoms with Crippen molar-refractivity contribution >= 4 is 0 Å². The SMILES string of the molecule is Cn1nccc1CCNC1CC(C#N)(c2ccccc2)C1. The Labute approximate surface area is 125 Å². The fourth-order valence-corrected chi connectivity index (χ4v) is 3.13. The van der Waals surface area contributed by atoms with Gasteiger partial charge in [0.25, 0.3) is 0 Å². The molecule has 3 rings (SSSR count). The summed E-state index contributed by atoms with van der Waals surface area (Å²) in [6.07, 6.45) is 4.60. The molecule has 1 saturated carbocycles. The molecule has 2 aromatic rings. The van der Waals surface area contributed by atoms with Gasteiger partial charge in [-0.1, -0.05) is 30.3 Å². The number of aromatic nitrogens is 2. The summed E-state index contributed by atoms with van der Waals surface area (Å²) in [5.74, 6) is 0. The first-order chi connectivity index (χ1) is 10.2. The molecule has 0 spiro atoms. The highest BCUT2D eigenvalue weighted by atomic mass is 15.3. The molecular weight excluding hydrogens is 260 g/mol. The van der Waals surface area contributed by atoms with E-state index < -0.39 is 0 Å². The van der Waals surface area contributed by atoms with Crippen LogP contribution in [0.15, 0.2) is 42.6 Å². The largest absolute Gasteiger partial charge is 0.313 e. The minimum absolute atomic E-state index is 0.286. The summed E-state index contributed by atoms with van der Waals surface area (Å²) >= 11 is 0. The van der Waals surface area contributed by atoms with Gasteiger partial charge >= 0.3 is 0 Å². The third-order valence-electron chi connectivity index (χ3n) is 4.47. The molecule has 0 bridgehead atoms. The lowest BCUT2D eigenvalue weighted by Crippen LogP contribution is -2.51. The number of nitrogens with zero attached hydrogens (tertiary/aromatic N) is 3. The standard InChI is InChI=1S/C17H20N4/c1-21-16(8-10-20-21)7-9-19-15-11-17(12-15,13-18)14-5-3-2-4-6-14/h2-6,8,10,15,19H,7,9,11-12H2,1H3. The van der Waals surface area contributed by atoms with E-state index in [1.165, 1.54) is 5.69 Å². The average molecular weight is 280 g/mol. The van der Waals surface area contributed by atoms with Crippen molar-refractivity contribution in [2.75, 3.05) is 6.54 Å². The van der Waals surface area contributed by atoms with Crippen LogP contribution in [-0.2, 0) is 18.9 Å². The van der Waals surface area contributed by atoms with E-state index in [4.69, 9.17) is 0 Å². The molecule has 1 fully saturated rings. The molecule has 0 aliphatic heterocycles. The second-order valence-electron chi connectivity index (χ2n) is 5.82. The Morgan fingerprint density at radius 1 is 1.33 bits per heavy atom. The van der Waals surface area contributed by atoms with Gasteiger partial charge in [0, 0.05) is 37.9 Å². The molecule has 1 aliphatic carbocycles. The molecule has 0 atom stereocenters. The predicted molar refractivity (Wildman–Crippen MR) is 81.7 cm³/mol. The number of hydrogen-bond acceptors (Lipinski definition) is 3. The Morgan fingerprint density at radius 2 is 2.10 bits per heavy atom. The second-order valence-corrected chi connectivity index (χ2v) is 5.82. The van der Waals surface area contributed by atoms with Crippen molar-refractivity contribution in [1.29, 1.82) is 5.26 Å². The molecule has 0 saturated heterocycles. The quantitative estimate of drug-likeness (QED) is 0.913. The monoisotopic (exact) mass is 280 g/mol. The molecule has 0 unspecified atom stereocenters. The first-order valence-corrected chi connectivity index (χ1v) is 7.40. The molecule has 4 nitrogen and oxygen atoms in total. The van der Waals surface area contributed by atoms with Crippen molar-refractivity contribution in [2.24, 2.45) is 7.05 Å². The van der Waals surface area contributed by atoms with Gasteiger partial charge in [-0.3, -0.25) is 4.68 Å². The van der Waals surface area contributed by atoms with Crippen LogP contribution in [-0.4, -0.2) is 22.4 Å². The van der Waals surface area contributed by atoms with Crippen LogP contribution >= 0.6 is 0 Å². The number of nitrogens with one attached hydrogen (secondary N) is 1. The number of benzene rings is 1. The van der Waals surface area contributed by atoms with E-state index in [0.717, 1.165) is 31.4 Å². The Kier molecular flexibility index (Phi) is 3.76. The highest BCUT2D eigenvalue weighted by molar-refractivity contribution is 5.36. The summed E-state index contributed by atoms with van der Waals surface area (Å²) in [6.45, 7) is 0.931. The Hall–Kier alpha value is -2.12. The number of rotatable bonds is 5. The van der Waals surface area contributed by atoms with Crippen LogP contribution in [0.5, 0.6) is 0 Å². The molecular formula is C17H20N4. The van der Waals surface area contributed by atoms with E-state index in [0.29, 0.717) is 6.04 Å². The third kappa shape index (κ3) is 2.70. The zero-order chi connectivity index (χ0) is 14.7. The highest BCUT2D eigenvalue weighted by Gasteiger charge is 2.45. The van der Waals surface area contributed by atoms with E-state index in [9.17, 15) is 5.26 Å². The molecule has 1 N–H and O–H groups in total. The lowest BCUT2D eigenvalue weighted by molar-refractivity contribution is 0.228. The maximum atomic E-state index is 9.53. The fourth-order valence-electron chi connectivity index (χ4n) is 3.13. The van der Waals surface area contributed by atoms with Gasteiger partial charge in [0.2, 0.25) is 0 Å². The minimum atomic E-state index is -0.286. The van der Waals surface area contributed by atoms with E-state index in [1.807, 2.05) is 42.2 Å². The van der Waals surface area contributed by atoms with Gasteiger partial charge in [-0.05, 0) is 24.5 Å². The maximum absolute atomic E-state index is 9.53. The number of aryl methyl sites for hydroxylation is 1. The summed E-state index contributed by atoms with van der Waals surface area (Å²) < 4.78 is 1.91. The minimum Gasteiger partial charge on any atom is -0.313 e. The molecule has 4 heteroatoms. The lowest BCUT2D eigenvalue weighted by Gasteiger charge is -2.43. The molecule has 0 radical (unpaired) electrons. The zero-order valence-electron chi connectivity index (χ0n) is 12.3. The van der Waals surface area contributed by atoms with E-state index in [1.54, 1.807) is 0 Å². The summed E-state index contributed by atoms with van der Waals surface area (Å²) in [4.78, 5) is 0. The van der Waals surface area contributed by atoms with Gasteiger partial charge in [-0.25, -0.2) is 0 Å². The molecule has 1 heterocycles. The fraction of sp³-hybridized carbons (Fsp3) is 0.412. The van der Waals surface area contributed by atoms with Crippen molar-refractivity contribution in [3.8, 4) is 6.07 Å². The van der Waals surface area contributed by atoms with E-state index in [-0.39, 0.29) is 5.41 Å². The summed E-state index contributed by atoms with van der Waals surface area (Å²) in [5, 5.41) is 17.3. The molecule has 1 aromatic heterocycles. The molecule has 0 amide bonds. The maximum Gasteiger partial charge on any atom is 0.0852 e. The normalized spacial score (nSPS) is 24.3. The van der Waals surface area contributed by atoms with E-state index >= 15 is 0 Å². The average Bonchev–Trinajstić information content (AvgIpc) is 2.88. The van der Waals surface area contributed by atoms with Crippen LogP contribution < -0.4 is 5.32 Å². The molecule has 108 valence electrons. The van der Waals surface area contributed by atoms with Crippen molar-refractivity contribution in [3.05, 3.63) is 53.9 Å². The van der Waals surface area contributed by atoms with Crippen LogP contribution in [0.2, 0.25) is 0 Å². The van der Waals surface area contributed by atoms with Gasteiger partial charge in [-0.15, -0.1) is 0 Å². The zero-order valence-corrected chi connectivity index (χ0v) is 12.3. The Balaban J connectivity index is 1.51. The summed E-state index contributed by atoms with van der Waals surface area (Å²) in [7, 11) is 1.97. The van der Waals surface area contributed by atoms with Crippen molar-refractivity contribution in [2.45, 2.75) is 30.7 Å². The molecule has 21 heavy (non-hydrogen) atoms. The van der Waals surface area contributed by atoms with Gasteiger partial charge in [0.05, 0.1) is 11.5 Å². The number of nitriles is 1. The first kappa shape index (κ1) is 13.8. The van der Waals surface area contributed by atoms with Crippen molar-refractivity contribution in [1.82, 2.24) is 15.1 Å². The van der Waals surface area contributed by atoms with Crippen LogP contribution in [0.25, 0.3) is 0 Å². The topological polar surface area (TPSA) is 53.6 Å². The van der Waals surface area contributed by atoms with Crippen molar-refractivity contribution < 1.29 is 0 Å². The molecule has 1 aliphatic rings. The van der Waals surface area contributed by atoms with Crippen LogP contribution in [0, 0.1) is 11.3 Å². The smallest absolute Gasteiger partial charge is 0.0852 e. The predicted octanol–water partition coefficient (Wildman–Crippen LogP) is 2.18. The van der Waals surface area contributed by atoms with Crippen LogP contribution in [0.3, 0.4) is 0 Å². The second kappa shape index (κ2) is 5.71. The highest BCUT2D eigenvalue weighted by Crippen LogP contribution is 2.43. The van der Waals surface area contributed by atoms with Gasteiger partial charge in [-0.2, -0.15) is 10.4 Å². The Morgan fingerprint density at radius 3 is 2.71 bits per heavy atom. The van der Waals surface area contributed by atoms with Gasteiger partial charge < -0.3 is 5.32 Å². The van der Waals surface area contributed by atoms with Gasteiger partial charge in [0.1, 0.15) is 0 Å². The number of hydrogen-bond donors (Lipinski definition) is 1. The van der Waals surface area contributed by atoms with Crippen LogP contribution in [0.1, 0.15) is 24.1 Å². The Bertz CT molecular complexity index is 632. The molecule has 1 aromatic carbocycles. The third-order valence-corrected chi connectivity index (χ3v) is 4.47. The lowest BCUT2D eigenvalue weighted by atomic mass is 9.62. The first-order valence-electron chi connectivity index (χ1n) is 7.40. The summed E-state index contributed by atoms with van der Waals surface area (Å²) in [6, 6.07) is 15.2. The van der Waals surface area contributed by atoms with Crippen LogP contribution in [0.4, 0.5) is 0 Å². The van der Waals surface area contributed by atoms with E-state index in [2.05, 4.69) is 28.6 Å². The van der Waals surface area contributed by atoms with Gasteiger partial charge in [0.15, 0.2) is 0 Å². The van der Waals surface area contributed by atoms with Crippen molar-refractivity contribution in [3.63, 3.8) is 0 Å².